The third-order valence-electron chi connectivity index (χ3n) is 3.84. The van der Waals surface area contributed by atoms with Crippen LogP contribution in [0.3, 0.4) is 0 Å². The maximum Gasteiger partial charge on any atom is 0.419 e. The molecule has 0 saturated carbocycles. The molecule has 1 aromatic heterocycles. The number of benzene rings is 1. The molecule has 2 amide bonds. The van der Waals surface area contributed by atoms with Crippen LogP contribution in [-0.4, -0.2) is 53.0 Å². The highest BCUT2D eigenvalue weighted by atomic mass is 16.5. The van der Waals surface area contributed by atoms with Gasteiger partial charge in [-0.25, -0.2) is 14.7 Å². The van der Waals surface area contributed by atoms with Crippen molar-refractivity contribution in [2.24, 2.45) is 0 Å². The SMILES string of the molecule is COc1cc(Cc2cnc(N)nc2N)cc(OC)c1N(C(=O)O)C(=O)CCO. The lowest BCUT2D eigenvalue weighted by molar-refractivity contribution is -0.118. The van der Waals surface area contributed by atoms with Gasteiger partial charge in [-0.3, -0.25) is 4.79 Å². The number of hydrogen-bond donors (Lipinski definition) is 4. The second-order valence-corrected chi connectivity index (χ2v) is 5.65. The quantitative estimate of drug-likeness (QED) is 0.524. The Hall–Kier alpha value is -3.60. The number of nitrogens with zero attached hydrogens (tertiary/aromatic N) is 3. The maximum atomic E-state index is 12.2. The summed E-state index contributed by atoms with van der Waals surface area (Å²) in [4.78, 5) is 32.2. The monoisotopic (exact) mass is 391 g/mol. The van der Waals surface area contributed by atoms with Crippen molar-refractivity contribution in [3.05, 3.63) is 29.5 Å². The summed E-state index contributed by atoms with van der Waals surface area (Å²) in [6.07, 6.45) is -0.131. The van der Waals surface area contributed by atoms with Crippen molar-refractivity contribution in [2.45, 2.75) is 12.8 Å². The maximum absolute atomic E-state index is 12.2. The van der Waals surface area contributed by atoms with Gasteiger partial charge in [0.15, 0.2) is 0 Å². The molecule has 0 radical (unpaired) electrons. The normalized spacial score (nSPS) is 10.4. The molecule has 0 spiro atoms. The van der Waals surface area contributed by atoms with Gasteiger partial charge in [-0.1, -0.05) is 0 Å². The van der Waals surface area contributed by atoms with Crippen LogP contribution in [0.25, 0.3) is 0 Å². The van der Waals surface area contributed by atoms with Crippen LogP contribution < -0.4 is 25.8 Å². The number of ether oxygens (including phenoxy) is 2. The van der Waals surface area contributed by atoms with Gasteiger partial charge in [0.1, 0.15) is 23.0 Å². The molecule has 0 atom stereocenters. The minimum absolute atomic E-state index is 0.0475. The molecule has 0 aliphatic carbocycles. The number of aromatic nitrogens is 2. The molecule has 0 bridgehead atoms. The van der Waals surface area contributed by atoms with E-state index in [1.807, 2.05) is 0 Å². The molecule has 11 heteroatoms. The minimum atomic E-state index is -1.53. The Balaban J connectivity index is 2.53. The topological polar surface area (TPSA) is 174 Å². The molecular formula is C17H21N5O6. The lowest BCUT2D eigenvalue weighted by Gasteiger charge is -2.23. The highest BCUT2D eigenvalue weighted by Gasteiger charge is 2.29. The first-order valence-electron chi connectivity index (χ1n) is 8.10. The van der Waals surface area contributed by atoms with E-state index >= 15 is 0 Å². The van der Waals surface area contributed by atoms with Crippen LogP contribution in [0.5, 0.6) is 11.5 Å². The van der Waals surface area contributed by atoms with Crippen LogP contribution in [-0.2, 0) is 11.2 Å². The molecule has 6 N–H and O–H groups in total. The second kappa shape index (κ2) is 8.86. The third kappa shape index (κ3) is 4.38. The summed E-state index contributed by atoms with van der Waals surface area (Å²) in [5.41, 5.74) is 12.5. The molecule has 28 heavy (non-hydrogen) atoms. The van der Waals surface area contributed by atoms with E-state index in [1.54, 1.807) is 12.1 Å². The van der Waals surface area contributed by atoms with E-state index in [2.05, 4.69) is 9.97 Å². The zero-order valence-corrected chi connectivity index (χ0v) is 15.4. The zero-order valence-electron chi connectivity index (χ0n) is 15.4. The van der Waals surface area contributed by atoms with Gasteiger partial charge in [-0.2, -0.15) is 4.98 Å². The summed E-state index contributed by atoms with van der Waals surface area (Å²) in [5, 5.41) is 18.5. The molecule has 2 aromatic rings. The molecule has 0 aliphatic rings. The van der Waals surface area contributed by atoms with Gasteiger partial charge in [-0.05, 0) is 17.7 Å². The lowest BCUT2D eigenvalue weighted by atomic mass is 10.0. The standard InChI is InChI=1S/C17H21N5O6/c1-27-11-6-9(5-10-8-20-16(19)21-15(10)18)7-12(28-2)14(11)22(17(25)26)13(24)3-4-23/h6-8,23H,3-5H2,1-2H3,(H,25,26)(H4,18,19,20,21). The molecule has 150 valence electrons. The Labute approximate surface area is 160 Å². The van der Waals surface area contributed by atoms with Gasteiger partial charge in [0.2, 0.25) is 11.9 Å². The lowest BCUT2D eigenvalue weighted by Crippen LogP contribution is -2.36. The van der Waals surface area contributed by atoms with Crippen LogP contribution in [0.15, 0.2) is 18.3 Å². The third-order valence-corrected chi connectivity index (χ3v) is 3.84. The fourth-order valence-corrected chi connectivity index (χ4v) is 2.60. The number of carboxylic acid groups (broad SMARTS) is 1. The predicted molar refractivity (Wildman–Crippen MR) is 100 cm³/mol. The molecule has 1 heterocycles. The summed E-state index contributed by atoms with van der Waals surface area (Å²) in [6.45, 7) is -0.498. The number of imide groups is 1. The van der Waals surface area contributed by atoms with E-state index in [0.29, 0.717) is 16.0 Å². The van der Waals surface area contributed by atoms with E-state index in [0.717, 1.165) is 0 Å². The van der Waals surface area contributed by atoms with Gasteiger partial charge in [0, 0.05) is 18.2 Å². The Bertz CT molecular complexity index is 863. The highest BCUT2D eigenvalue weighted by molar-refractivity contribution is 6.13. The molecule has 0 unspecified atom stereocenters. The van der Waals surface area contributed by atoms with Crippen molar-refractivity contribution >= 4 is 29.5 Å². The Kier molecular flexibility index (Phi) is 6.55. The zero-order chi connectivity index (χ0) is 20.8. The molecule has 0 saturated heterocycles. The Morgan fingerprint density at radius 2 is 1.79 bits per heavy atom. The van der Waals surface area contributed by atoms with Gasteiger partial charge < -0.3 is 31.2 Å². The number of carbonyl (C=O) groups is 2. The van der Waals surface area contributed by atoms with Crippen LogP contribution >= 0.6 is 0 Å². The number of rotatable bonds is 7. The number of amides is 2. The molecule has 2 rings (SSSR count). The smallest absolute Gasteiger partial charge is 0.419 e. The molecule has 1 aromatic carbocycles. The van der Waals surface area contributed by atoms with Crippen molar-refractivity contribution < 1.29 is 29.3 Å². The predicted octanol–water partition coefficient (Wildman–Crippen LogP) is 0.642. The number of hydrogen-bond acceptors (Lipinski definition) is 9. The van der Waals surface area contributed by atoms with Gasteiger partial charge in [-0.15, -0.1) is 0 Å². The van der Waals surface area contributed by atoms with E-state index in [4.69, 9.17) is 26.0 Å². The summed E-state index contributed by atoms with van der Waals surface area (Å²) in [7, 11) is 2.67. The van der Waals surface area contributed by atoms with Crippen molar-refractivity contribution in [3.8, 4) is 11.5 Å². The highest BCUT2D eigenvalue weighted by Crippen LogP contribution is 2.40. The summed E-state index contributed by atoms with van der Waals surface area (Å²) < 4.78 is 10.6. The number of nitrogens with two attached hydrogens (primary N) is 2. The molecule has 0 fully saturated rings. The number of anilines is 3. The summed E-state index contributed by atoms with van der Waals surface area (Å²) in [5.74, 6) is -0.377. The summed E-state index contributed by atoms with van der Waals surface area (Å²) >= 11 is 0. The minimum Gasteiger partial charge on any atom is -0.494 e. The molecule has 11 nitrogen and oxygen atoms in total. The number of nitrogen functional groups attached to an aromatic ring is 2. The van der Waals surface area contributed by atoms with Crippen LogP contribution in [0, 0.1) is 0 Å². The van der Waals surface area contributed by atoms with Crippen molar-refractivity contribution in [3.63, 3.8) is 0 Å². The van der Waals surface area contributed by atoms with Gasteiger partial charge in [0.05, 0.1) is 27.2 Å². The van der Waals surface area contributed by atoms with E-state index in [-0.39, 0.29) is 41.8 Å². The average Bonchev–Trinajstić information content (AvgIpc) is 2.64. The largest absolute Gasteiger partial charge is 0.494 e. The van der Waals surface area contributed by atoms with Crippen LogP contribution in [0.1, 0.15) is 17.5 Å². The first kappa shape index (κ1) is 20.7. The number of carbonyl (C=O) groups excluding carboxylic acids is 1. The van der Waals surface area contributed by atoms with Crippen LogP contribution in [0.4, 0.5) is 22.2 Å². The number of aliphatic hydroxyl groups excluding tert-OH is 1. The van der Waals surface area contributed by atoms with Crippen LogP contribution in [0.2, 0.25) is 0 Å². The second-order valence-electron chi connectivity index (χ2n) is 5.65. The Morgan fingerprint density at radius 1 is 1.18 bits per heavy atom. The number of methoxy groups -OCH3 is 2. The fraction of sp³-hybridized carbons (Fsp3) is 0.294. The van der Waals surface area contributed by atoms with Gasteiger partial charge in [0.25, 0.3) is 0 Å². The average molecular weight is 391 g/mol. The van der Waals surface area contributed by atoms with E-state index in [1.165, 1.54) is 20.4 Å². The van der Waals surface area contributed by atoms with E-state index in [9.17, 15) is 14.7 Å². The fourth-order valence-electron chi connectivity index (χ4n) is 2.60. The van der Waals surface area contributed by atoms with Crippen molar-refractivity contribution in [1.29, 1.82) is 0 Å². The first-order chi connectivity index (χ1) is 13.3. The molecule has 0 aliphatic heterocycles. The Morgan fingerprint density at radius 3 is 2.25 bits per heavy atom. The van der Waals surface area contributed by atoms with Crippen molar-refractivity contribution in [2.75, 3.05) is 37.2 Å². The van der Waals surface area contributed by atoms with E-state index < -0.39 is 18.6 Å². The first-order valence-corrected chi connectivity index (χ1v) is 8.10. The number of aliphatic hydroxyl groups is 1. The molecular weight excluding hydrogens is 370 g/mol. The summed E-state index contributed by atoms with van der Waals surface area (Å²) in [6, 6.07) is 3.10. The van der Waals surface area contributed by atoms with Gasteiger partial charge >= 0.3 is 6.09 Å². The van der Waals surface area contributed by atoms with Crippen molar-refractivity contribution in [1.82, 2.24) is 9.97 Å².